The summed E-state index contributed by atoms with van der Waals surface area (Å²) in [6, 6.07) is 13.9. The maximum atomic E-state index is 13.0. The molecule has 24 heavy (non-hydrogen) atoms. The molecule has 0 radical (unpaired) electrons. The van der Waals surface area contributed by atoms with Gasteiger partial charge in [0.25, 0.3) is 5.56 Å². The van der Waals surface area contributed by atoms with Gasteiger partial charge in [-0.15, -0.1) is 0 Å². The molecule has 0 saturated carbocycles. The van der Waals surface area contributed by atoms with Gasteiger partial charge in [0.1, 0.15) is 11.6 Å². The first-order valence-electron chi connectivity index (χ1n) is 7.86. The quantitative estimate of drug-likeness (QED) is 0.745. The molecule has 0 saturated heterocycles. The normalized spacial score (nSPS) is 12.3. The summed E-state index contributed by atoms with van der Waals surface area (Å²) in [5.41, 5.74) is 12.9. The van der Waals surface area contributed by atoms with Gasteiger partial charge in [-0.25, -0.2) is 4.98 Å². The van der Waals surface area contributed by atoms with Crippen LogP contribution in [0.2, 0.25) is 0 Å². The first kappa shape index (κ1) is 16.2. The number of fused-ring (bicyclic) bond motifs is 1. The number of hydrogen-bond donors (Lipinski definition) is 2. The van der Waals surface area contributed by atoms with Crippen molar-refractivity contribution in [1.29, 1.82) is 0 Å². The van der Waals surface area contributed by atoms with Gasteiger partial charge in [0.05, 0.1) is 29.2 Å². The summed E-state index contributed by atoms with van der Waals surface area (Å²) in [6.45, 7) is 2.70. The first-order chi connectivity index (χ1) is 11.7. The molecule has 1 aromatic heterocycles. The van der Waals surface area contributed by atoms with Gasteiger partial charge in [0.2, 0.25) is 0 Å². The fourth-order valence-electron chi connectivity index (χ4n) is 2.61. The Morgan fingerprint density at radius 3 is 2.54 bits per heavy atom. The Hall–Kier alpha value is -2.70. The summed E-state index contributed by atoms with van der Waals surface area (Å²) in [5.74, 6) is 1.19. The summed E-state index contributed by atoms with van der Waals surface area (Å²) in [5, 5.41) is 0.541. The fourth-order valence-corrected chi connectivity index (χ4v) is 2.61. The lowest BCUT2D eigenvalue weighted by Gasteiger charge is -2.17. The van der Waals surface area contributed by atoms with E-state index in [9.17, 15) is 4.79 Å². The number of benzene rings is 2. The molecular weight excluding hydrogens is 304 g/mol. The van der Waals surface area contributed by atoms with Gasteiger partial charge >= 0.3 is 0 Å². The molecule has 0 aliphatic heterocycles. The van der Waals surface area contributed by atoms with Crippen LogP contribution in [-0.2, 0) is 0 Å². The Labute approximate surface area is 139 Å². The van der Waals surface area contributed by atoms with Crippen molar-refractivity contribution < 1.29 is 4.74 Å². The third kappa shape index (κ3) is 2.89. The number of para-hydroxylation sites is 1. The van der Waals surface area contributed by atoms with E-state index in [-0.39, 0.29) is 12.1 Å². The van der Waals surface area contributed by atoms with Gasteiger partial charge in [0, 0.05) is 6.54 Å². The monoisotopic (exact) mass is 324 g/mol. The molecule has 2 aromatic carbocycles. The lowest BCUT2D eigenvalue weighted by atomic mass is 10.2. The molecule has 0 bridgehead atoms. The van der Waals surface area contributed by atoms with E-state index in [0.717, 1.165) is 5.75 Å². The predicted molar refractivity (Wildman–Crippen MR) is 94.5 cm³/mol. The zero-order chi connectivity index (χ0) is 17.1. The van der Waals surface area contributed by atoms with Crippen LogP contribution in [0.1, 0.15) is 18.8 Å². The molecule has 0 fully saturated rings. The third-order valence-corrected chi connectivity index (χ3v) is 3.79. The van der Waals surface area contributed by atoms with Crippen molar-refractivity contribution in [1.82, 2.24) is 9.55 Å². The molecule has 6 nitrogen and oxygen atoms in total. The van der Waals surface area contributed by atoms with Gasteiger partial charge in [-0.3, -0.25) is 9.36 Å². The summed E-state index contributed by atoms with van der Waals surface area (Å²) in [7, 11) is 0. The molecule has 0 unspecified atom stereocenters. The van der Waals surface area contributed by atoms with E-state index < -0.39 is 6.04 Å². The summed E-state index contributed by atoms with van der Waals surface area (Å²) in [6.07, 6.45) is 0. The molecule has 1 atom stereocenters. The van der Waals surface area contributed by atoms with Crippen LogP contribution in [0.5, 0.6) is 5.75 Å². The van der Waals surface area contributed by atoms with Crippen molar-refractivity contribution in [3.63, 3.8) is 0 Å². The highest BCUT2D eigenvalue weighted by Crippen LogP contribution is 2.19. The highest BCUT2D eigenvalue weighted by Gasteiger charge is 2.17. The number of aromatic nitrogens is 2. The molecular formula is C18H20N4O2. The van der Waals surface area contributed by atoms with Crippen molar-refractivity contribution >= 4 is 10.9 Å². The van der Waals surface area contributed by atoms with Gasteiger partial charge < -0.3 is 16.2 Å². The number of nitrogens with two attached hydrogens (primary N) is 2. The Kier molecular flexibility index (Phi) is 4.59. The van der Waals surface area contributed by atoms with Crippen molar-refractivity contribution in [2.45, 2.75) is 13.0 Å². The minimum atomic E-state index is -0.533. The lowest BCUT2D eigenvalue weighted by molar-refractivity contribution is 0.340. The van der Waals surface area contributed by atoms with E-state index in [2.05, 4.69) is 4.98 Å². The topological polar surface area (TPSA) is 96.2 Å². The number of rotatable bonds is 5. The Balaban J connectivity index is 2.24. The van der Waals surface area contributed by atoms with E-state index in [0.29, 0.717) is 29.0 Å². The molecule has 0 spiro atoms. The zero-order valence-electron chi connectivity index (χ0n) is 13.5. The zero-order valence-corrected chi connectivity index (χ0v) is 13.5. The Morgan fingerprint density at radius 2 is 1.88 bits per heavy atom. The van der Waals surface area contributed by atoms with Crippen LogP contribution < -0.4 is 21.8 Å². The third-order valence-electron chi connectivity index (χ3n) is 3.79. The molecule has 0 amide bonds. The largest absolute Gasteiger partial charge is 0.494 e. The first-order valence-corrected chi connectivity index (χ1v) is 7.86. The molecule has 0 aliphatic rings. The molecule has 1 heterocycles. The second-order valence-corrected chi connectivity index (χ2v) is 5.40. The minimum absolute atomic E-state index is 0.163. The van der Waals surface area contributed by atoms with Crippen LogP contribution in [0.3, 0.4) is 0 Å². The van der Waals surface area contributed by atoms with Gasteiger partial charge in [0.15, 0.2) is 0 Å². The van der Waals surface area contributed by atoms with Crippen LogP contribution in [0, 0.1) is 0 Å². The van der Waals surface area contributed by atoms with Crippen molar-refractivity contribution in [3.05, 3.63) is 64.7 Å². The van der Waals surface area contributed by atoms with Crippen LogP contribution >= 0.6 is 0 Å². The van der Waals surface area contributed by atoms with Crippen molar-refractivity contribution in [3.8, 4) is 11.4 Å². The molecule has 124 valence electrons. The van der Waals surface area contributed by atoms with E-state index in [1.165, 1.54) is 4.57 Å². The second kappa shape index (κ2) is 6.82. The van der Waals surface area contributed by atoms with Crippen molar-refractivity contribution in [2.75, 3.05) is 13.2 Å². The lowest BCUT2D eigenvalue weighted by Crippen LogP contribution is -2.31. The molecule has 4 N–H and O–H groups in total. The average Bonchev–Trinajstić information content (AvgIpc) is 2.62. The number of ether oxygens (including phenoxy) is 1. The van der Waals surface area contributed by atoms with Crippen molar-refractivity contribution in [2.24, 2.45) is 11.5 Å². The smallest absolute Gasteiger partial charge is 0.266 e. The molecule has 3 rings (SSSR count). The maximum absolute atomic E-state index is 13.0. The molecule has 6 heteroatoms. The SMILES string of the molecule is CCOc1ccc(-n2c([C@H](N)CN)nc3ccccc3c2=O)cc1. The van der Waals surface area contributed by atoms with Gasteiger partial charge in [-0.05, 0) is 43.3 Å². The van der Waals surface area contributed by atoms with Crippen LogP contribution in [0.4, 0.5) is 0 Å². The number of nitrogens with zero attached hydrogens (tertiary/aromatic N) is 2. The maximum Gasteiger partial charge on any atom is 0.266 e. The van der Waals surface area contributed by atoms with E-state index in [4.69, 9.17) is 16.2 Å². The summed E-state index contributed by atoms with van der Waals surface area (Å²) in [4.78, 5) is 17.5. The Bertz CT molecular complexity index is 903. The van der Waals surface area contributed by atoms with E-state index in [1.54, 1.807) is 12.1 Å². The summed E-state index contributed by atoms with van der Waals surface area (Å²) >= 11 is 0. The average molecular weight is 324 g/mol. The van der Waals surface area contributed by atoms with E-state index in [1.807, 2.05) is 43.3 Å². The molecule has 0 aliphatic carbocycles. The fraction of sp³-hybridized carbons (Fsp3) is 0.222. The van der Waals surface area contributed by atoms with Crippen LogP contribution in [0.25, 0.3) is 16.6 Å². The highest BCUT2D eigenvalue weighted by molar-refractivity contribution is 5.77. The highest BCUT2D eigenvalue weighted by atomic mass is 16.5. The minimum Gasteiger partial charge on any atom is -0.494 e. The Morgan fingerprint density at radius 1 is 1.17 bits per heavy atom. The molecule has 3 aromatic rings. The van der Waals surface area contributed by atoms with Gasteiger partial charge in [-0.2, -0.15) is 0 Å². The predicted octanol–water partition coefficient (Wildman–Crippen LogP) is 1.74. The number of hydrogen-bond acceptors (Lipinski definition) is 5. The standard InChI is InChI=1S/C18H20N4O2/c1-2-24-13-9-7-12(8-10-13)22-17(15(20)11-19)21-16-6-4-3-5-14(16)18(22)23/h3-10,15H,2,11,19-20H2,1H3/t15-/m1/s1. The van der Waals surface area contributed by atoms with Gasteiger partial charge in [-0.1, -0.05) is 12.1 Å². The van der Waals surface area contributed by atoms with Crippen LogP contribution in [-0.4, -0.2) is 22.7 Å². The second-order valence-electron chi connectivity index (χ2n) is 5.40. The summed E-state index contributed by atoms with van der Waals surface area (Å²) < 4.78 is 6.97. The van der Waals surface area contributed by atoms with E-state index >= 15 is 0 Å². The van der Waals surface area contributed by atoms with Crippen LogP contribution in [0.15, 0.2) is 53.3 Å².